The van der Waals surface area contributed by atoms with Gasteiger partial charge in [0.05, 0.1) is 16.6 Å². The van der Waals surface area contributed by atoms with E-state index < -0.39 is 6.09 Å². The van der Waals surface area contributed by atoms with Crippen molar-refractivity contribution in [2.75, 3.05) is 6.54 Å². The molecule has 0 fully saturated rings. The molecule has 2 aromatic heterocycles. The van der Waals surface area contributed by atoms with Crippen LogP contribution in [0.3, 0.4) is 0 Å². The molecule has 4 N–H and O–H groups in total. The Labute approximate surface area is 211 Å². The summed E-state index contributed by atoms with van der Waals surface area (Å²) in [6.45, 7) is 0.361. The van der Waals surface area contributed by atoms with Crippen molar-refractivity contribution in [2.45, 2.75) is 19.3 Å². The Morgan fingerprint density at radius 2 is 1.57 bits per heavy atom. The van der Waals surface area contributed by atoms with E-state index in [9.17, 15) is 14.4 Å². The predicted octanol–water partition coefficient (Wildman–Crippen LogP) is 4.79. The molecule has 3 heterocycles. The lowest BCUT2D eigenvalue weighted by Crippen LogP contribution is -2.30. The number of ether oxygens (including phenoxy) is 1. The minimum atomic E-state index is -0.900. The van der Waals surface area contributed by atoms with Gasteiger partial charge >= 0.3 is 6.09 Å². The van der Waals surface area contributed by atoms with E-state index in [1.165, 1.54) is 4.90 Å². The van der Waals surface area contributed by atoms with Gasteiger partial charge in [0.25, 0.3) is 11.8 Å². The summed E-state index contributed by atoms with van der Waals surface area (Å²) in [6, 6.07) is 20.2. The largest absolute Gasteiger partial charge is 0.410 e. The third-order valence-electron chi connectivity index (χ3n) is 6.64. The highest BCUT2D eigenvalue weighted by Crippen LogP contribution is 2.35. The number of rotatable bonds is 7. The molecule has 6 rings (SSSR count). The quantitative estimate of drug-likeness (QED) is 0.221. The summed E-state index contributed by atoms with van der Waals surface area (Å²) in [5.41, 5.74) is 10.3. The number of aromatic nitrogens is 3. The standard InChI is InChI=1S/C28H23N5O4/c29-28(36)37-22-14-7-13-21-24(22)32-25(31-21)23-18-10-3-4-11-19(18)30-20(23)12-5-6-15-33-26(34)16-8-1-2-9-17(16)27(33)35/h1-4,7-11,13-14,30H,5-6,12,15H2,(H2,29,36)(H,31,32). The minimum Gasteiger partial charge on any atom is -0.408 e. The molecule has 0 radical (unpaired) electrons. The fourth-order valence-electron chi connectivity index (χ4n) is 4.98. The molecule has 0 saturated heterocycles. The molecule has 184 valence electrons. The number of hydrogen-bond donors (Lipinski definition) is 3. The van der Waals surface area contributed by atoms with E-state index in [-0.39, 0.29) is 17.6 Å². The Balaban J connectivity index is 1.25. The van der Waals surface area contributed by atoms with Gasteiger partial charge in [0.15, 0.2) is 5.75 Å². The SMILES string of the molecule is NC(=O)Oc1cccc2[nH]c(-c3c(CCCCN4C(=O)c5ccccc5C4=O)[nH]c4ccccc34)nc12. The summed E-state index contributed by atoms with van der Waals surface area (Å²) in [6.07, 6.45) is 1.21. The van der Waals surface area contributed by atoms with Gasteiger partial charge in [-0.2, -0.15) is 0 Å². The lowest BCUT2D eigenvalue weighted by atomic mass is 10.1. The molecular weight excluding hydrogens is 470 g/mol. The van der Waals surface area contributed by atoms with Gasteiger partial charge in [0.1, 0.15) is 11.3 Å². The molecule has 1 aliphatic heterocycles. The molecule has 9 heteroatoms. The zero-order valence-electron chi connectivity index (χ0n) is 19.8. The van der Waals surface area contributed by atoms with Crippen LogP contribution in [0.15, 0.2) is 66.7 Å². The van der Waals surface area contributed by atoms with E-state index in [4.69, 9.17) is 15.5 Å². The van der Waals surface area contributed by atoms with Gasteiger partial charge in [-0.25, -0.2) is 9.78 Å². The maximum atomic E-state index is 12.7. The number of aromatic amines is 2. The Bertz CT molecular complexity index is 1660. The molecule has 9 nitrogen and oxygen atoms in total. The van der Waals surface area contributed by atoms with Crippen molar-refractivity contribution in [1.29, 1.82) is 0 Å². The summed E-state index contributed by atoms with van der Waals surface area (Å²) in [7, 11) is 0. The normalized spacial score (nSPS) is 13.0. The third-order valence-corrected chi connectivity index (χ3v) is 6.64. The average Bonchev–Trinajstić information content (AvgIpc) is 3.55. The maximum Gasteiger partial charge on any atom is 0.410 e. The number of carbonyl (C=O) groups is 3. The van der Waals surface area contributed by atoms with Gasteiger partial charge < -0.3 is 20.4 Å². The Morgan fingerprint density at radius 1 is 0.865 bits per heavy atom. The summed E-state index contributed by atoms with van der Waals surface area (Å²) >= 11 is 0. The summed E-state index contributed by atoms with van der Waals surface area (Å²) in [4.78, 5) is 49.6. The maximum absolute atomic E-state index is 12.7. The highest BCUT2D eigenvalue weighted by molar-refractivity contribution is 6.21. The number of unbranched alkanes of at least 4 members (excludes halogenated alkanes) is 1. The first-order valence-electron chi connectivity index (χ1n) is 12.0. The molecule has 0 bridgehead atoms. The number of aryl methyl sites for hydroxylation is 1. The molecular formula is C28H23N5O4. The second-order valence-corrected chi connectivity index (χ2v) is 8.95. The summed E-state index contributed by atoms with van der Waals surface area (Å²) in [5.74, 6) is 0.462. The first-order valence-corrected chi connectivity index (χ1v) is 12.0. The molecule has 37 heavy (non-hydrogen) atoms. The first kappa shape index (κ1) is 22.5. The number of amides is 3. The van der Waals surface area contributed by atoms with E-state index in [1.54, 1.807) is 36.4 Å². The second-order valence-electron chi connectivity index (χ2n) is 8.95. The highest BCUT2D eigenvalue weighted by Gasteiger charge is 2.34. The monoisotopic (exact) mass is 493 g/mol. The van der Waals surface area contributed by atoms with Crippen LogP contribution in [0.1, 0.15) is 39.3 Å². The second kappa shape index (κ2) is 8.94. The van der Waals surface area contributed by atoms with Gasteiger partial charge in [0.2, 0.25) is 0 Å². The summed E-state index contributed by atoms with van der Waals surface area (Å²) < 4.78 is 5.13. The smallest absolute Gasteiger partial charge is 0.408 e. The van der Waals surface area contributed by atoms with Gasteiger partial charge in [0, 0.05) is 28.7 Å². The fourth-order valence-corrected chi connectivity index (χ4v) is 4.98. The Kier molecular flexibility index (Phi) is 5.45. The average molecular weight is 494 g/mol. The lowest BCUT2D eigenvalue weighted by Gasteiger charge is -2.13. The molecule has 0 unspecified atom stereocenters. The van der Waals surface area contributed by atoms with Gasteiger partial charge in [-0.05, 0) is 49.6 Å². The number of nitrogens with one attached hydrogen (secondary N) is 2. The molecule has 0 saturated carbocycles. The van der Waals surface area contributed by atoms with Crippen LogP contribution < -0.4 is 10.5 Å². The number of imide groups is 1. The highest BCUT2D eigenvalue weighted by atomic mass is 16.5. The van der Waals surface area contributed by atoms with Crippen molar-refractivity contribution in [2.24, 2.45) is 5.73 Å². The number of para-hydroxylation sites is 2. The number of nitrogens with zero attached hydrogens (tertiary/aromatic N) is 2. The van der Waals surface area contributed by atoms with E-state index in [2.05, 4.69) is 9.97 Å². The molecule has 0 aliphatic carbocycles. The Morgan fingerprint density at radius 3 is 2.32 bits per heavy atom. The topological polar surface area (TPSA) is 134 Å². The fraction of sp³-hybridized carbons (Fsp3) is 0.143. The van der Waals surface area contributed by atoms with Crippen molar-refractivity contribution in [3.63, 3.8) is 0 Å². The number of primary amides is 1. The molecule has 1 aliphatic rings. The number of imidazole rings is 1. The van der Waals surface area contributed by atoms with Crippen LogP contribution in [0.25, 0.3) is 33.3 Å². The van der Waals surface area contributed by atoms with E-state index in [1.807, 2.05) is 30.3 Å². The first-order chi connectivity index (χ1) is 18.0. The van der Waals surface area contributed by atoms with Gasteiger partial charge in [-0.1, -0.05) is 36.4 Å². The van der Waals surface area contributed by atoms with Crippen molar-refractivity contribution >= 4 is 39.8 Å². The number of nitrogens with two attached hydrogens (primary N) is 1. The van der Waals surface area contributed by atoms with Crippen LogP contribution in [0, 0.1) is 0 Å². The summed E-state index contributed by atoms with van der Waals surface area (Å²) in [5, 5.41) is 1.01. The lowest BCUT2D eigenvalue weighted by molar-refractivity contribution is 0.0651. The number of carbonyl (C=O) groups excluding carboxylic acids is 3. The number of hydrogen-bond acceptors (Lipinski definition) is 5. The third kappa shape index (κ3) is 3.90. The van der Waals surface area contributed by atoms with Crippen LogP contribution in [0.2, 0.25) is 0 Å². The van der Waals surface area contributed by atoms with Crippen LogP contribution >= 0.6 is 0 Å². The van der Waals surface area contributed by atoms with Crippen LogP contribution in [0.4, 0.5) is 4.79 Å². The van der Waals surface area contributed by atoms with E-state index in [0.717, 1.165) is 34.1 Å². The van der Waals surface area contributed by atoms with Crippen molar-refractivity contribution in [3.8, 4) is 17.1 Å². The van der Waals surface area contributed by atoms with Crippen LogP contribution in [0.5, 0.6) is 5.75 Å². The minimum absolute atomic E-state index is 0.233. The van der Waals surface area contributed by atoms with Crippen molar-refractivity contribution < 1.29 is 19.1 Å². The molecule has 0 atom stereocenters. The number of benzene rings is 3. The van der Waals surface area contributed by atoms with Crippen LogP contribution in [-0.4, -0.2) is 44.3 Å². The molecule has 3 amide bonds. The Hall–Kier alpha value is -4.92. The number of H-pyrrole nitrogens is 2. The zero-order valence-corrected chi connectivity index (χ0v) is 19.8. The zero-order chi connectivity index (χ0) is 25.5. The van der Waals surface area contributed by atoms with Crippen molar-refractivity contribution in [1.82, 2.24) is 19.9 Å². The van der Waals surface area contributed by atoms with E-state index >= 15 is 0 Å². The number of fused-ring (bicyclic) bond motifs is 3. The predicted molar refractivity (Wildman–Crippen MR) is 138 cm³/mol. The van der Waals surface area contributed by atoms with Crippen molar-refractivity contribution in [3.05, 3.63) is 83.6 Å². The molecule has 5 aromatic rings. The molecule has 0 spiro atoms. The molecule has 3 aromatic carbocycles. The van der Waals surface area contributed by atoms with Crippen LogP contribution in [-0.2, 0) is 6.42 Å². The van der Waals surface area contributed by atoms with Gasteiger partial charge in [-0.15, -0.1) is 0 Å². The van der Waals surface area contributed by atoms with Gasteiger partial charge in [-0.3, -0.25) is 14.5 Å². The van der Waals surface area contributed by atoms with E-state index in [0.29, 0.717) is 41.9 Å².